The Labute approximate surface area is 75.7 Å². The summed E-state index contributed by atoms with van der Waals surface area (Å²) < 4.78 is 0. The summed E-state index contributed by atoms with van der Waals surface area (Å²) in [7, 11) is 0. The van der Waals surface area contributed by atoms with Gasteiger partial charge in [-0.1, -0.05) is 13.3 Å². The van der Waals surface area contributed by atoms with Crippen molar-refractivity contribution < 1.29 is 0 Å². The van der Waals surface area contributed by atoms with Gasteiger partial charge in [0.15, 0.2) is 0 Å². The lowest BCUT2D eigenvalue weighted by molar-refractivity contribution is 0.289. The third-order valence-corrected chi connectivity index (χ3v) is 3.79. The summed E-state index contributed by atoms with van der Waals surface area (Å²) in [5.74, 6) is 4.06. The lowest BCUT2D eigenvalue weighted by Crippen LogP contribution is -2.17. The molecule has 0 aliphatic heterocycles. The molecule has 0 aromatic carbocycles. The highest BCUT2D eigenvalue weighted by molar-refractivity contribution is 4.92. The molecule has 2 fully saturated rings. The van der Waals surface area contributed by atoms with Gasteiger partial charge in [0.25, 0.3) is 0 Å². The van der Waals surface area contributed by atoms with Gasteiger partial charge in [0.2, 0.25) is 0 Å². The molecule has 4 atom stereocenters. The van der Waals surface area contributed by atoms with Gasteiger partial charge >= 0.3 is 0 Å². The van der Waals surface area contributed by atoms with Crippen molar-refractivity contribution in [1.82, 2.24) is 0 Å². The van der Waals surface area contributed by atoms with Crippen LogP contribution in [0.3, 0.4) is 0 Å². The molecule has 0 aromatic rings. The van der Waals surface area contributed by atoms with E-state index >= 15 is 0 Å². The lowest BCUT2D eigenvalue weighted by Gasteiger charge is -2.23. The van der Waals surface area contributed by atoms with Crippen molar-refractivity contribution in [2.75, 3.05) is 6.54 Å². The van der Waals surface area contributed by atoms with E-state index in [0.29, 0.717) is 0 Å². The van der Waals surface area contributed by atoms with Gasteiger partial charge in [-0.3, -0.25) is 0 Å². The van der Waals surface area contributed by atoms with Gasteiger partial charge in [-0.05, 0) is 55.9 Å². The zero-order chi connectivity index (χ0) is 8.55. The van der Waals surface area contributed by atoms with Crippen LogP contribution in [0.4, 0.5) is 0 Å². The predicted octanol–water partition coefficient (Wildman–Crippen LogP) is 2.41. The van der Waals surface area contributed by atoms with Gasteiger partial charge in [0.05, 0.1) is 0 Å². The predicted molar refractivity (Wildman–Crippen MR) is 51.8 cm³/mol. The van der Waals surface area contributed by atoms with Crippen LogP contribution in [0.2, 0.25) is 0 Å². The topological polar surface area (TPSA) is 26.0 Å². The highest BCUT2D eigenvalue weighted by atomic mass is 14.5. The molecule has 2 saturated carbocycles. The SMILES string of the molecule is CC(CN)CC1CCC2CC2C1. The quantitative estimate of drug-likeness (QED) is 0.686. The normalized spacial score (nSPS) is 42.0. The van der Waals surface area contributed by atoms with Crippen LogP contribution in [0.25, 0.3) is 0 Å². The van der Waals surface area contributed by atoms with Gasteiger partial charge in [-0.25, -0.2) is 0 Å². The van der Waals surface area contributed by atoms with E-state index in [2.05, 4.69) is 6.92 Å². The molecule has 0 radical (unpaired) electrons. The molecule has 0 bridgehead atoms. The van der Waals surface area contributed by atoms with Crippen molar-refractivity contribution in [2.45, 2.75) is 39.0 Å². The molecule has 0 saturated heterocycles. The summed E-state index contributed by atoms with van der Waals surface area (Å²) in [6, 6.07) is 0. The molecule has 2 rings (SSSR count). The van der Waals surface area contributed by atoms with Crippen LogP contribution in [0.15, 0.2) is 0 Å². The Kier molecular flexibility index (Phi) is 2.40. The minimum absolute atomic E-state index is 0.755. The van der Waals surface area contributed by atoms with E-state index in [4.69, 9.17) is 5.73 Å². The highest BCUT2D eigenvalue weighted by Crippen LogP contribution is 2.52. The fourth-order valence-corrected chi connectivity index (χ4v) is 2.83. The second-order valence-corrected chi connectivity index (χ2v) is 5.01. The Hall–Kier alpha value is -0.0400. The highest BCUT2D eigenvalue weighted by Gasteiger charge is 2.41. The maximum atomic E-state index is 5.63. The maximum Gasteiger partial charge on any atom is -0.00514 e. The third kappa shape index (κ3) is 1.82. The maximum absolute atomic E-state index is 5.63. The largest absolute Gasteiger partial charge is 0.330 e. The van der Waals surface area contributed by atoms with Gasteiger partial charge in [-0.2, -0.15) is 0 Å². The molecule has 70 valence electrons. The van der Waals surface area contributed by atoms with Crippen LogP contribution < -0.4 is 5.73 Å². The van der Waals surface area contributed by atoms with Gasteiger partial charge in [0.1, 0.15) is 0 Å². The summed E-state index contributed by atoms with van der Waals surface area (Å²) >= 11 is 0. The van der Waals surface area contributed by atoms with E-state index in [9.17, 15) is 0 Å². The average Bonchev–Trinajstić information content (AvgIpc) is 2.82. The molecule has 4 unspecified atom stereocenters. The summed E-state index contributed by atoms with van der Waals surface area (Å²) in [6.45, 7) is 3.17. The molecule has 1 nitrogen and oxygen atoms in total. The van der Waals surface area contributed by atoms with Crippen molar-refractivity contribution in [3.63, 3.8) is 0 Å². The molecule has 2 N–H and O–H groups in total. The first kappa shape index (κ1) is 8.55. The number of hydrogen-bond donors (Lipinski definition) is 1. The summed E-state index contributed by atoms with van der Waals surface area (Å²) in [5, 5.41) is 0. The van der Waals surface area contributed by atoms with Crippen molar-refractivity contribution in [3.8, 4) is 0 Å². The van der Waals surface area contributed by atoms with E-state index in [1.165, 1.54) is 25.7 Å². The second-order valence-electron chi connectivity index (χ2n) is 5.01. The summed E-state index contributed by atoms with van der Waals surface area (Å²) in [4.78, 5) is 0. The summed E-state index contributed by atoms with van der Waals surface area (Å²) in [6.07, 6.45) is 7.47. The zero-order valence-corrected chi connectivity index (χ0v) is 8.13. The van der Waals surface area contributed by atoms with Crippen LogP contribution in [-0.4, -0.2) is 6.54 Å². The molecule has 0 heterocycles. The van der Waals surface area contributed by atoms with Gasteiger partial charge in [0, 0.05) is 0 Å². The Balaban J connectivity index is 1.73. The smallest absolute Gasteiger partial charge is 0.00514 e. The molecule has 0 aromatic heterocycles. The Bertz CT molecular complexity index is 155. The molecule has 1 heteroatoms. The Morgan fingerprint density at radius 3 is 2.75 bits per heavy atom. The van der Waals surface area contributed by atoms with Crippen molar-refractivity contribution in [1.29, 1.82) is 0 Å². The number of nitrogens with two attached hydrogens (primary N) is 1. The van der Waals surface area contributed by atoms with E-state index in [-0.39, 0.29) is 0 Å². The first-order chi connectivity index (χ1) is 5.79. The van der Waals surface area contributed by atoms with Gasteiger partial charge in [-0.15, -0.1) is 0 Å². The first-order valence-electron chi connectivity index (χ1n) is 5.49. The molecular formula is C11H21N. The monoisotopic (exact) mass is 167 g/mol. The van der Waals surface area contributed by atoms with Crippen molar-refractivity contribution >= 4 is 0 Å². The fraction of sp³-hybridized carbons (Fsp3) is 1.00. The van der Waals surface area contributed by atoms with Crippen LogP contribution in [0.5, 0.6) is 0 Å². The molecule has 2 aliphatic carbocycles. The number of rotatable bonds is 3. The van der Waals surface area contributed by atoms with Gasteiger partial charge < -0.3 is 5.73 Å². The zero-order valence-electron chi connectivity index (χ0n) is 8.13. The average molecular weight is 167 g/mol. The molecule has 2 aliphatic rings. The van der Waals surface area contributed by atoms with E-state index in [1.807, 2.05) is 0 Å². The number of hydrogen-bond acceptors (Lipinski definition) is 1. The summed E-state index contributed by atoms with van der Waals surface area (Å²) in [5.41, 5.74) is 5.63. The first-order valence-corrected chi connectivity index (χ1v) is 5.49. The third-order valence-electron chi connectivity index (χ3n) is 3.79. The lowest BCUT2D eigenvalue weighted by atomic mass is 9.83. The van der Waals surface area contributed by atoms with E-state index in [1.54, 1.807) is 6.42 Å². The molecular weight excluding hydrogens is 146 g/mol. The Morgan fingerprint density at radius 2 is 2.08 bits per heavy atom. The van der Waals surface area contributed by atoms with Crippen LogP contribution >= 0.6 is 0 Å². The standard InChI is InChI=1S/C11H21N/c1-8(7-12)4-9-2-3-10-6-11(10)5-9/h8-11H,2-7,12H2,1H3. The van der Waals surface area contributed by atoms with Crippen molar-refractivity contribution in [2.24, 2.45) is 29.4 Å². The van der Waals surface area contributed by atoms with Crippen LogP contribution in [-0.2, 0) is 0 Å². The minimum atomic E-state index is 0.755. The molecule has 0 amide bonds. The second kappa shape index (κ2) is 3.37. The van der Waals surface area contributed by atoms with E-state index in [0.717, 1.165) is 30.2 Å². The Morgan fingerprint density at radius 1 is 1.25 bits per heavy atom. The van der Waals surface area contributed by atoms with E-state index < -0.39 is 0 Å². The fourth-order valence-electron chi connectivity index (χ4n) is 2.83. The van der Waals surface area contributed by atoms with Crippen LogP contribution in [0, 0.1) is 23.7 Å². The number of fused-ring (bicyclic) bond motifs is 1. The van der Waals surface area contributed by atoms with Crippen molar-refractivity contribution in [3.05, 3.63) is 0 Å². The van der Waals surface area contributed by atoms with Crippen LogP contribution in [0.1, 0.15) is 39.0 Å². The minimum Gasteiger partial charge on any atom is -0.330 e. The molecule has 0 spiro atoms. The molecule has 12 heavy (non-hydrogen) atoms.